The van der Waals surface area contributed by atoms with Crippen molar-refractivity contribution in [3.8, 4) is 5.75 Å². The number of carbonyl (C=O) groups excluding carboxylic acids is 2. The van der Waals surface area contributed by atoms with Gasteiger partial charge in [0.2, 0.25) is 0 Å². The smallest absolute Gasteiger partial charge is 0.411 e. The molecule has 2 aromatic carbocycles. The largest absolute Gasteiger partial charge is 0.489 e. The Bertz CT molecular complexity index is 1050. The zero-order valence-electron chi connectivity index (χ0n) is 21.1. The lowest BCUT2D eigenvalue weighted by molar-refractivity contribution is -0.156. The molecular formula is C27H34FNO7. The van der Waals surface area contributed by atoms with E-state index in [0.29, 0.717) is 17.7 Å². The Morgan fingerprint density at radius 3 is 2.42 bits per heavy atom. The zero-order valence-corrected chi connectivity index (χ0v) is 21.1. The highest BCUT2D eigenvalue weighted by Crippen LogP contribution is 2.47. The molecule has 0 radical (unpaired) electrons. The molecule has 1 heterocycles. The maximum atomic E-state index is 13.9. The number of likely N-dealkylation sites (tertiary alicyclic amines) is 1. The van der Waals surface area contributed by atoms with E-state index < -0.39 is 42.0 Å². The molecule has 1 aliphatic rings. The first kappa shape index (κ1) is 27.4. The maximum absolute atomic E-state index is 13.9. The van der Waals surface area contributed by atoms with Crippen molar-refractivity contribution in [1.29, 1.82) is 0 Å². The summed E-state index contributed by atoms with van der Waals surface area (Å²) < 4.78 is 30.3. The number of rotatable bonds is 8. The Balaban J connectivity index is 1.90. The summed E-state index contributed by atoms with van der Waals surface area (Å²) in [5, 5.41) is 19.7. The highest BCUT2D eigenvalue weighted by atomic mass is 19.1. The van der Waals surface area contributed by atoms with Crippen LogP contribution in [0.4, 0.5) is 9.18 Å². The molecule has 1 saturated heterocycles. The van der Waals surface area contributed by atoms with E-state index in [2.05, 4.69) is 0 Å². The average Bonchev–Trinajstić information content (AvgIpc) is 3.22. The van der Waals surface area contributed by atoms with Gasteiger partial charge in [-0.3, -0.25) is 4.90 Å². The monoisotopic (exact) mass is 503 g/mol. The molecule has 2 aromatic rings. The molecule has 1 aliphatic heterocycles. The van der Waals surface area contributed by atoms with Gasteiger partial charge in [-0.2, -0.15) is 0 Å². The molecule has 36 heavy (non-hydrogen) atoms. The molecule has 196 valence electrons. The van der Waals surface area contributed by atoms with E-state index in [9.17, 15) is 24.2 Å². The number of hydrogen-bond acceptors (Lipinski definition) is 7. The molecule has 2 N–H and O–H groups in total. The fraction of sp³-hybridized carbons (Fsp3) is 0.481. The number of esters is 1. The van der Waals surface area contributed by atoms with Gasteiger partial charge in [-0.25, -0.2) is 14.0 Å². The maximum Gasteiger partial charge on any atom is 0.411 e. The quantitative estimate of drug-likeness (QED) is 0.522. The van der Waals surface area contributed by atoms with E-state index in [0.717, 1.165) is 5.56 Å². The molecule has 0 bridgehead atoms. The van der Waals surface area contributed by atoms with Crippen molar-refractivity contribution in [2.45, 2.75) is 69.9 Å². The van der Waals surface area contributed by atoms with Crippen molar-refractivity contribution in [2.75, 3.05) is 13.7 Å². The molecular weight excluding hydrogens is 469 g/mol. The Morgan fingerprint density at radius 2 is 1.83 bits per heavy atom. The van der Waals surface area contributed by atoms with Gasteiger partial charge in [-0.15, -0.1) is 0 Å². The number of amides is 1. The predicted octanol–water partition coefficient (Wildman–Crippen LogP) is 4.13. The average molecular weight is 504 g/mol. The van der Waals surface area contributed by atoms with Crippen LogP contribution in [0.25, 0.3) is 0 Å². The van der Waals surface area contributed by atoms with Gasteiger partial charge in [-0.05, 0) is 57.4 Å². The molecule has 8 nitrogen and oxygen atoms in total. The van der Waals surface area contributed by atoms with Crippen LogP contribution in [0.15, 0.2) is 48.5 Å². The molecule has 3 rings (SSSR count). The van der Waals surface area contributed by atoms with Crippen molar-refractivity contribution < 1.29 is 38.4 Å². The van der Waals surface area contributed by atoms with Crippen LogP contribution in [0.2, 0.25) is 0 Å². The molecule has 1 amide bonds. The summed E-state index contributed by atoms with van der Waals surface area (Å²) in [5.41, 5.74) is -1.18. The van der Waals surface area contributed by atoms with Gasteiger partial charge in [0, 0.05) is 12.0 Å². The van der Waals surface area contributed by atoms with E-state index in [1.807, 2.05) is 0 Å². The fourth-order valence-corrected chi connectivity index (χ4v) is 4.54. The summed E-state index contributed by atoms with van der Waals surface area (Å²) in [6, 6.07) is 12.8. The van der Waals surface area contributed by atoms with Crippen molar-refractivity contribution >= 4 is 12.1 Å². The first-order valence-electron chi connectivity index (χ1n) is 11.9. The van der Waals surface area contributed by atoms with Crippen LogP contribution in [0.1, 0.15) is 57.2 Å². The molecule has 0 aliphatic carbocycles. The van der Waals surface area contributed by atoms with E-state index in [1.54, 1.807) is 63.2 Å². The lowest BCUT2D eigenvalue weighted by Crippen LogP contribution is -2.57. The minimum atomic E-state index is -1.51. The minimum Gasteiger partial charge on any atom is -0.489 e. The van der Waals surface area contributed by atoms with Gasteiger partial charge in [0.15, 0.2) is 0 Å². The Kier molecular flexibility index (Phi) is 8.58. The second-order valence-corrected chi connectivity index (χ2v) is 9.92. The molecule has 1 fully saturated rings. The van der Waals surface area contributed by atoms with Gasteiger partial charge in [-0.1, -0.05) is 30.3 Å². The number of hydrogen-bond donors (Lipinski definition) is 2. The zero-order chi connectivity index (χ0) is 26.5. The summed E-state index contributed by atoms with van der Waals surface area (Å²) >= 11 is 0. The topological polar surface area (TPSA) is 106 Å². The third kappa shape index (κ3) is 6.14. The van der Waals surface area contributed by atoms with Crippen molar-refractivity contribution in [3.63, 3.8) is 0 Å². The van der Waals surface area contributed by atoms with Crippen LogP contribution in [-0.2, 0) is 20.9 Å². The second-order valence-electron chi connectivity index (χ2n) is 9.92. The number of carbonyl (C=O) groups is 2. The number of ether oxygens (including phenoxy) is 3. The molecule has 3 atom stereocenters. The highest BCUT2D eigenvalue weighted by molar-refractivity contribution is 5.87. The van der Waals surface area contributed by atoms with E-state index in [1.165, 1.54) is 18.1 Å². The first-order chi connectivity index (χ1) is 17.0. The van der Waals surface area contributed by atoms with Gasteiger partial charge in [0.05, 0.1) is 25.9 Å². The van der Waals surface area contributed by atoms with E-state index >= 15 is 0 Å². The Labute approximate surface area is 210 Å². The second kappa shape index (κ2) is 11.3. The van der Waals surface area contributed by atoms with Crippen molar-refractivity contribution in [1.82, 2.24) is 4.90 Å². The van der Waals surface area contributed by atoms with Gasteiger partial charge >= 0.3 is 12.1 Å². The van der Waals surface area contributed by atoms with Crippen molar-refractivity contribution in [3.05, 3.63) is 65.5 Å². The number of aliphatic hydroxyl groups is 2. The van der Waals surface area contributed by atoms with Crippen LogP contribution in [-0.4, -0.2) is 58.1 Å². The Hall–Kier alpha value is -3.17. The van der Waals surface area contributed by atoms with E-state index in [4.69, 9.17) is 14.2 Å². The number of benzene rings is 2. The first-order valence-corrected chi connectivity index (χ1v) is 11.9. The number of methoxy groups -OCH3 is 1. The third-order valence-electron chi connectivity index (χ3n) is 6.16. The standard InChI is InChI=1S/C27H34FNO7/c1-26(2,3)36-25(33)29-23(13-14-27(29,24(32)34-4)15-20(31)16-30)18-9-11-21(12-10-18)35-17-19-7-5-6-8-22(19)28/h5-12,20,23,30-31H,13-17H2,1-4H3/t20?,23-,27-/m1/s1. The summed E-state index contributed by atoms with van der Waals surface area (Å²) in [5.74, 6) is -0.524. The molecule has 0 spiro atoms. The lowest BCUT2D eigenvalue weighted by atomic mass is 9.89. The van der Waals surface area contributed by atoms with Crippen LogP contribution < -0.4 is 4.74 Å². The highest BCUT2D eigenvalue weighted by Gasteiger charge is 2.57. The summed E-state index contributed by atoms with van der Waals surface area (Å²) in [7, 11) is 1.22. The summed E-state index contributed by atoms with van der Waals surface area (Å²) in [4.78, 5) is 27.8. The van der Waals surface area contributed by atoms with Crippen LogP contribution in [0, 0.1) is 5.82 Å². The molecule has 9 heteroatoms. The molecule has 1 unspecified atom stereocenters. The predicted molar refractivity (Wildman–Crippen MR) is 130 cm³/mol. The van der Waals surface area contributed by atoms with Crippen molar-refractivity contribution in [2.24, 2.45) is 0 Å². The third-order valence-corrected chi connectivity index (χ3v) is 6.16. The number of halogens is 1. The van der Waals surface area contributed by atoms with Crippen LogP contribution >= 0.6 is 0 Å². The SMILES string of the molecule is COC(=O)[C@]1(CC(O)CO)CC[C@H](c2ccc(OCc3ccccc3F)cc2)N1C(=O)OC(C)(C)C. The Morgan fingerprint density at radius 1 is 1.17 bits per heavy atom. The van der Waals surface area contributed by atoms with Crippen LogP contribution in [0.3, 0.4) is 0 Å². The lowest BCUT2D eigenvalue weighted by Gasteiger charge is -2.40. The van der Waals surface area contributed by atoms with Gasteiger partial charge in [0.25, 0.3) is 0 Å². The minimum absolute atomic E-state index is 0.0595. The summed E-state index contributed by atoms with van der Waals surface area (Å²) in [6.45, 7) is 4.66. The fourth-order valence-electron chi connectivity index (χ4n) is 4.54. The van der Waals surface area contributed by atoms with Gasteiger partial charge in [0.1, 0.15) is 29.3 Å². The molecule has 0 saturated carbocycles. The molecule has 0 aromatic heterocycles. The van der Waals surface area contributed by atoms with Crippen LogP contribution in [0.5, 0.6) is 5.75 Å². The van der Waals surface area contributed by atoms with Gasteiger partial charge < -0.3 is 24.4 Å². The van der Waals surface area contributed by atoms with E-state index in [-0.39, 0.29) is 25.3 Å². The number of nitrogens with zero attached hydrogens (tertiary/aromatic N) is 1. The number of aliphatic hydroxyl groups excluding tert-OH is 2. The normalized spacial score (nSPS) is 20.6. The summed E-state index contributed by atoms with van der Waals surface area (Å²) in [6.07, 6.45) is -1.54.